The van der Waals surface area contributed by atoms with Crippen molar-refractivity contribution in [2.45, 2.75) is 13.0 Å². The fraction of sp³-hybridized carbons (Fsp3) is 0.150. The third kappa shape index (κ3) is 3.44. The lowest BCUT2D eigenvalue weighted by Gasteiger charge is -2.19. The molecule has 1 atom stereocenters. The first-order chi connectivity index (χ1) is 14.1. The lowest BCUT2D eigenvalue weighted by atomic mass is 10.0. The van der Waals surface area contributed by atoms with E-state index in [-0.39, 0.29) is 6.04 Å². The number of nitrogens with one attached hydrogen (secondary N) is 2. The lowest BCUT2D eigenvalue weighted by molar-refractivity contribution is 0.841. The van der Waals surface area contributed by atoms with E-state index in [0.29, 0.717) is 28.1 Å². The molecule has 0 aliphatic heterocycles. The highest BCUT2D eigenvalue weighted by Gasteiger charge is 2.19. The number of fused-ring (bicyclic) bond motifs is 1. The quantitative estimate of drug-likeness (QED) is 0.473. The van der Waals surface area contributed by atoms with Crippen LogP contribution in [0.15, 0.2) is 48.9 Å². The molecule has 0 fully saturated rings. The van der Waals surface area contributed by atoms with Crippen molar-refractivity contribution in [3.05, 3.63) is 71.1 Å². The summed E-state index contributed by atoms with van der Waals surface area (Å²) >= 11 is 6.23. The molecule has 8 nitrogen and oxygen atoms in total. The predicted octanol–water partition coefficient (Wildman–Crippen LogP) is 4.61. The number of imidazole rings is 1. The molecule has 3 aromatic heterocycles. The third-order valence-electron chi connectivity index (χ3n) is 4.52. The van der Waals surface area contributed by atoms with Crippen molar-refractivity contribution < 1.29 is 0 Å². The zero-order valence-electron chi connectivity index (χ0n) is 15.8. The van der Waals surface area contributed by atoms with Gasteiger partial charge in [0, 0.05) is 18.2 Å². The maximum absolute atomic E-state index is 7.49. The Labute approximate surface area is 172 Å². The van der Waals surface area contributed by atoms with Crippen molar-refractivity contribution in [3.63, 3.8) is 0 Å². The normalized spacial score (nSPS) is 11.8. The number of hydrogen-bond donors (Lipinski definition) is 2. The van der Waals surface area contributed by atoms with Crippen molar-refractivity contribution >= 4 is 34.6 Å². The first-order valence-corrected chi connectivity index (χ1v) is 9.26. The molecule has 0 spiro atoms. The third-order valence-corrected chi connectivity index (χ3v) is 4.78. The molecule has 3 heterocycles. The van der Waals surface area contributed by atoms with E-state index in [0.717, 1.165) is 16.8 Å². The van der Waals surface area contributed by atoms with Crippen LogP contribution in [0.5, 0.6) is 0 Å². The van der Waals surface area contributed by atoms with E-state index >= 15 is 0 Å². The molecule has 1 aromatic carbocycles. The van der Waals surface area contributed by atoms with Crippen molar-refractivity contribution in [2.75, 3.05) is 17.7 Å². The second kappa shape index (κ2) is 7.73. The van der Waals surface area contributed by atoms with Crippen molar-refractivity contribution in [1.29, 1.82) is 0 Å². The summed E-state index contributed by atoms with van der Waals surface area (Å²) in [4.78, 5) is 16.2. The standard InChI is InChI=1S/C20H17ClN8/c1-12(27-20-18(22-2)19(23-3)25-11-26-20)14-9-16-24-10-15(21)29(16)28-17(14)13-7-5-4-6-8-13/h4-12H,1,3H3,(H2,23,25,26,27)/t12-/m0/s1. The van der Waals surface area contributed by atoms with E-state index in [1.165, 1.54) is 6.33 Å². The molecule has 29 heavy (non-hydrogen) atoms. The van der Waals surface area contributed by atoms with Crippen LogP contribution in [-0.2, 0) is 0 Å². The van der Waals surface area contributed by atoms with Gasteiger partial charge in [0.1, 0.15) is 18.0 Å². The molecule has 4 rings (SSSR count). The number of hydrogen-bond acceptors (Lipinski definition) is 6. The Balaban J connectivity index is 1.82. The molecule has 0 amide bonds. The molecule has 9 heteroatoms. The van der Waals surface area contributed by atoms with Crippen LogP contribution in [-0.4, -0.2) is 31.6 Å². The molecule has 144 valence electrons. The number of nitrogens with zero attached hydrogens (tertiary/aromatic N) is 6. The van der Waals surface area contributed by atoms with Gasteiger partial charge in [-0.2, -0.15) is 5.10 Å². The largest absolute Gasteiger partial charge is 0.382 e. The Morgan fingerprint density at radius 2 is 1.90 bits per heavy atom. The average Bonchev–Trinajstić information content (AvgIpc) is 3.13. The van der Waals surface area contributed by atoms with E-state index in [2.05, 4.69) is 30.4 Å². The van der Waals surface area contributed by atoms with Crippen LogP contribution in [0, 0.1) is 6.57 Å². The fourth-order valence-corrected chi connectivity index (χ4v) is 3.28. The van der Waals surface area contributed by atoms with Crippen LogP contribution in [0.3, 0.4) is 0 Å². The van der Waals surface area contributed by atoms with E-state index < -0.39 is 0 Å². The zero-order chi connectivity index (χ0) is 20.4. The van der Waals surface area contributed by atoms with Gasteiger partial charge in [-0.05, 0) is 13.0 Å². The Morgan fingerprint density at radius 3 is 2.62 bits per heavy atom. The highest BCUT2D eigenvalue weighted by molar-refractivity contribution is 6.29. The predicted molar refractivity (Wildman–Crippen MR) is 113 cm³/mol. The summed E-state index contributed by atoms with van der Waals surface area (Å²) in [5, 5.41) is 11.4. The minimum absolute atomic E-state index is 0.210. The van der Waals surface area contributed by atoms with E-state index in [1.807, 2.05) is 43.3 Å². The monoisotopic (exact) mass is 404 g/mol. The number of benzene rings is 1. The minimum atomic E-state index is -0.210. The topological polar surface area (TPSA) is 84.4 Å². The van der Waals surface area contributed by atoms with Gasteiger partial charge in [0.05, 0.1) is 24.5 Å². The molecule has 2 N–H and O–H groups in total. The van der Waals surface area contributed by atoms with E-state index in [4.69, 9.17) is 23.3 Å². The Kier molecular flexibility index (Phi) is 4.97. The van der Waals surface area contributed by atoms with Gasteiger partial charge in [0.25, 0.3) is 5.69 Å². The molecule has 0 bridgehead atoms. The number of aromatic nitrogens is 5. The Morgan fingerprint density at radius 1 is 1.14 bits per heavy atom. The summed E-state index contributed by atoms with van der Waals surface area (Å²) < 4.78 is 1.61. The van der Waals surface area contributed by atoms with E-state index in [1.54, 1.807) is 17.8 Å². The number of anilines is 2. The molecular weight excluding hydrogens is 388 g/mol. The molecule has 0 saturated heterocycles. The maximum atomic E-state index is 7.49. The van der Waals surface area contributed by atoms with Gasteiger partial charge in [-0.25, -0.2) is 24.3 Å². The fourth-order valence-electron chi connectivity index (χ4n) is 3.11. The van der Waals surface area contributed by atoms with Crippen molar-refractivity contribution in [3.8, 4) is 11.3 Å². The van der Waals surface area contributed by atoms with Crippen LogP contribution in [0.25, 0.3) is 21.7 Å². The summed E-state index contributed by atoms with van der Waals surface area (Å²) in [7, 11) is 1.72. The lowest BCUT2D eigenvalue weighted by Crippen LogP contribution is -2.12. The molecule has 4 aromatic rings. The summed E-state index contributed by atoms with van der Waals surface area (Å²) in [5.74, 6) is 0.925. The van der Waals surface area contributed by atoms with Crippen LogP contribution in [0.4, 0.5) is 17.3 Å². The number of halogens is 1. The number of rotatable bonds is 5. The SMILES string of the molecule is [C-]#[N+]c1c(NC)ncnc1N[C@@H](C)c1cc2ncc(Cl)n2nc1-c1ccccc1. The smallest absolute Gasteiger partial charge is 0.269 e. The van der Waals surface area contributed by atoms with E-state index in [9.17, 15) is 0 Å². The zero-order valence-corrected chi connectivity index (χ0v) is 16.5. The van der Waals surface area contributed by atoms with Crippen molar-refractivity contribution in [2.24, 2.45) is 0 Å². The van der Waals surface area contributed by atoms with Crippen LogP contribution in [0.1, 0.15) is 18.5 Å². The first-order valence-electron chi connectivity index (χ1n) is 8.88. The van der Waals surface area contributed by atoms with Gasteiger partial charge in [0.2, 0.25) is 0 Å². The van der Waals surface area contributed by atoms with Gasteiger partial charge in [-0.15, -0.1) is 0 Å². The second-order valence-corrected chi connectivity index (χ2v) is 6.70. The molecule has 0 unspecified atom stereocenters. The van der Waals surface area contributed by atoms with Crippen LogP contribution >= 0.6 is 11.6 Å². The Bertz CT molecular complexity index is 1210. The van der Waals surface area contributed by atoms with Crippen LogP contribution in [0.2, 0.25) is 5.15 Å². The van der Waals surface area contributed by atoms with Gasteiger partial charge < -0.3 is 10.6 Å². The summed E-state index contributed by atoms with van der Waals surface area (Å²) in [6.45, 7) is 9.48. The maximum Gasteiger partial charge on any atom is 0.269 e. The minimum Gasteiger partial charge on any atom is -0.382 e. The highest BCUT2D eigenvalue weighted by atomic mass is 35.5. The Hall–Kier alpha value is -3.70. The first kappa shape index (κ1) is 18.7. The molecule has 0 aliphatic rings. The van der Waals surface area contributed by atoms with Crippen LogP contribution < -0.4 is 10.6 Å². The van der Waals surface area contributed by atoms with Crippen molar-refractivity contribution in [1.82, 2.24) is 24.6 Å². The van der Waals surface area contributed by atoms with Gasteiger partial charge in [-0.1, -0.05) is 41.9 Å². The van der Waals surface area contributed by atoms with Gasteiger partial charge in [-0.3, -0.25) is 0 Å². The highest BCUT2D eigenvalue weighted by Crippen LogP contribution is 2.34. The van der Waals surface area contributed by atoms with Gasteiger partial charge in [0.15, 0.2) is 10.8 Å². The second-order valence-electron chi connectivity index (χ2n) is 6.31. The molecule has 0 aliphatic carbocycles. The molecular formula is C20H17ClN8. The molecule has 0 radical (unpaired) electrons. The molecule has 0 saturated carbocycles. The average molecular weight is 405 g/mol. The summed E-state index contributed by atoms with van der Waals surface area (Å²) in [6.07, 6.45) is 2.99. The summed E-state index contributed by atoms with van der Waals surface area (Å²) in [5.41, 5.74) is 3.60. The summed E-state index contributed by atoms with van der Waals surface area (Å²) in [6, 6.07) is 11.6. The van der Waals surface area contributed by atoms with Gasteiger partial charge >= 0.3 is 0 Å².